The van der Waals surface area contributed by atoms with Crippen LogP contribution in [0.2, 0.25) is 0 Å². The highest BCUT2D eigenvalue weighted by Gasteiger charge is 2.13. The average molecular weight is 154 g/mol. The number of H-pyrrole nitrogens is 1. The lowest BCUT2D eigenvalue weighted by molar-refractivity contribution is 0.380. The highest BCUT2D eigenvalue weighted by atomic mass is 16.5. The first kappa shape index (κ1) is 6.67. The summed E-state index contributed by atoms with van der Waals surface area (Å²) in [6.07, 6.45) is 1.84. The lowest BCUT2D eigenvalue weighted by Crippen LogP contribution is -2.12. The number of aromatic nitrogens is 1. The second-order valence-corrected chi connectivity index (χ2v) is 2.73. The molecule has 1 aromatic rings. The van der Waals surface area contributed by atoms with E-state index in [1.165, 1.54) is 0 Å². The highest BCUT2D eigenvalue weighted by molar-refractivity contribution is 5.15. The van der Waals surface area contributed by atoms with Crippen LogP contribution < -0.4 is 10.9 Å². The minimum atomic E-state index is -0.205. The molecule has 0 amide bonds. The summed E-state index contributed by atoms with van der Waals surface area (Å²) in [5.74, 6) is 0. The summed E-state index contributed by atoms with van der Waals surface area (Å²) in [6, 6.07) is 0. The van der Waals surface area contributed by atoms with Crippen LogP contribution in [0.15, 0.2) is 9.32 Å². The Morgan fingerprint density at radius 3 is 3.27 bits per heavy atom. The van der Waals surface area contributed by atoms with Crippen LogP contribution in [0.1, 0.15) is 17.7 Å². The first-order chi connectivity index (χ1) is 5.38. The van der Waals surface area contributed by atoms with E-state index < -0.39 is 0 Å². The van der Waals surface area contributed by atoms with Crippen LogP contribution in [0, 0.1) is 0 Å². The van der Waals surface area contributed by atoms with Crippen LogP contribution in [0.25, 0.3) is 0 Å². The lowest BCUT2D eigenvalue weighted by Gasteiger charge is -1.93. The first-order valence-electron chi connectivity index (χ1n) is 3.78. The molecule has 2 rings (SSSR count). The molecule has 2 heterocycles. The first-order valence-corrected chi connectivity index (χ1v) is 3.78. The zero-order valence-corrected chi connectivity index (χ0v) is 6.14. The Kier molecular flexibility index (Phi) is 1.54. The van der Waals surface area contributed by atoms with E-state index in [0.29, 0.717) is 0 Å². The predicted molar refractivity (Wildman–Crippen MR) is 39.4 cm³/mol. The second kappa shape index (κ2) is 2.54. The van der Waals surface area contributed by atoms with E-state index in [1.54, 1.807) is 0 Å². The van der Waals surface area contributed by atoms with Crippen molar-refractivity contribution in [1.29, 1.82) is 0 Å². The van der Waals surface area contributed by atoms with Crippen molar-refractivity contribution in [2.45, 2.75) is 19.4 Å². The third-order valence-electron chi connectivity index (χ3n) is 1.96. The third kappa shape index (κ3) is 1.09. The summed E-state index contributed by atoms with van der Waals surface area (Å²) >= 11 is 0. The monoisotopic (exact) mass is 154 g/mol. The molecule has 0 bridgehead atoms. The Labute approximate surface area is 63.6 Å². The van der Waals surface area contributed by atoms with Crippen LogP contribution in [0.5, 0.6) is 0 Å². The summed E-state index contributed by atoms with van der Waals surface area (Å²) in [6.45, 7) is 1.70. The molecule has 11 heavy (non-hydrogen) atoms. The van der Waals surface area contributed by atoms with Gasteiger partial charge in [-0.15, -0.1) is 0 Å². The molecule has 0 radical (unpaired) electrons. The van der Waals surface area contributed by atoms with E-state index >= 15 is 0 Å². The molecule has 1 aliphatic heterocycles. The highest BCUT2D eigenvalue weighted by Crippen LogP contribution is 2.06. The van der Waals surface area contributed by atoms with Crippen LogP contribution >= 0.6 is 0 Å². The molecule has 4 nitrogen and oxygen atoms in total. The summed E-state index contributed by atoms with van der Waals surface area (Å²) < 4.78 is 4.65. The molecule has 1 aliphatic rings. The summed E-state index contributed by atoms with van der Waals surface area (Å²) in [5, 5.41) is 5.80. The summed E-state index contributed by atoms with van der Waals surface area (Å²) in [4.78, 5) is 11.0. The van der Waals surface area contributed by atoms with Gasteiger partial charge in [0.1, 0.15) is 0 Å². The van der Waals surface area contributed by atoms with Crippen molar-refractivity contribution in [3.05, 3.63) is 21.7 Å². The Morgan fingerprint density at radius 1 is 1.45 bits per heavy atom. The fourth-order valence-electron chi connectivity index (χ4n) is 1.35. The van der Waals surface area contributed by atoms with Gasteiger partial charge in [0.2, 0.25) is 0 Å². The van der Waals surface area contributed by atoms with Gasteiger partial charge >= 0.3 is 5.63 Å². The molecule has 0 spiro atoms. The van der Waals surface area contributed by atoms with Crippen molar-refractivity contribution in [2.75, 3.05) is 6.54 Å². The van der Waals surface area contributed by atoms with E-state index in [1.807, 2.05) is 0 Å². The summed E-state index contributed by atoms with van der Waals surface area (Å²) in [5.41, 5.74) is 1.52. The number of aromatic amines is 1. The minimum absolute atomic E-state index is 0.205. The Balaban J connectivity index is 2.43. The van der Waals surface area contributed by atoms with Gasteiger partial charge in [-0.05, 0) is 19.4 Å². The molecule has 60 valence electrons. The predicted octanol–water partition coefficient (Wildman–Crippen LogP) is 0.00370. The zero-order chi connectivity index (χ0) is 7.68. The van der Waals surface area contributed by atoms with Gasteiger partial charge in [-0.25, -0.2) is 9.95 Å². The molecule has 0 fully saturated rings. The van der Waals surface area contributed by atoms with Crippen LogP contribution in [-0.4, -0.2) is 11.7 Å². The van der Waals surface area contributed by atoms with Gasteiger partial charge in [-0.2, -0.15) is 0 Å². The van der Waals surface area contributed by atoms with Gasteiger partial charge in [0.15, 0.2) is 0 Å². The molecule has 4 heteroatoms. The molecular formula is C7H10N2O2. The number of hydrogen-bond donors (Lipinski definition) is 2. The SMILES string of the molecule is O=c1o[nH]c2c1CCCNC2. The number of rotatable bonds is 0. The topological polar surface area (TPSA) is 58.0 Å². The van der Waals surface area contributed by atoms with Gasteiger partial charge < -0.3 is 9.84 Å². The molecule has 2 N–H and O–H groups in total. The van der Waals surface area contributed by atoms with Gasteiger partial charge in [0.25, 0.3) is 0 Å². The maximum atomic E-state index is 11.0. The smallest absolute Gasteiger partial charge is 0.339 e. The van der Waals surface area contributed by atoms with Crippen molar-refractivity contribution in [2.24, 2.45) is 0 Å². The van der Waals surface area contributed by atoms with Gasteiger partial charge in [0, 0.05) is 6.54 Å². The zero-order valence-electron chi connectivity index (χ0n) is 6.14. The van der Waals surface area contributed by atoms with Crippen LogP contribution in [0.4, 0.5) is 0 Å². The maximum Gasteiger partial charge on any atom is 0.360 e. The van der Waals surface area contributed by atoms with Gasteiger partial charge in [-0.1, -0.05) is 0 Å². The minimum Gasteiger partial charge on any atom is -0.339 e. The summed E-state index contributed by atoms with van der Waals surface area (Å²) in [7, 11) is 0. The Bertz CT molecular complexity index is 300. The maximum absolute atomic E-state index is 11.0. The molecule has 0 saturated carbocycles. The third-order valence-corrected chi connectivity index (χ3v) is 1.96. The van der Waals surface area contributed by atoms with Gasteiger partial charge in [-0.3, -0.25) is 0 Å². The number of hydrogen-bond acceptors (Lipinski definition) is 3. The number of fused-ring (bicyclic) bond motifs is 1. The quantitative estimate of drug-likeness (QED) is 0.553. The van der Waals surface area contributed by atoms with E-state index in [9.17, 15) is 4.79 Å². The molecule has 0 aliphatic carbocycles. The lowest BCUT2D eigenvalue weighted by atomic mass is 10.1. The normalized spacial score (nSPS) is 17.5. The Hall–Kier alpha value is -1.03. The molecule has 0 saturated heterocycles. The molecule has 0 aromatic carbocycles. The van der Waals surface area contributed by atoms with Crippen molar-refractivity contribution < 1.29 is 4.52 Å². The van der Waals surface area contributed by atoms with E-state index in [0.717, 1.165) is 37.2 Å². The van der Waals surface area contributed by atoms with Crippen molar-refractivity contribution in [3.63, 3.8) is 0 Å². The molecule has 1 aromatic heterocycles. The standard InChI is InChI=1S/C7H10N2O2/c10-7-5-2-1-3-8-4-6(5)9-11-7/h8-9H,1-4H2. The molecular weight excluding hydrogens is 144 g/mol. The van der Waals surface area contributed by atoms with Crippen molar-refractivity contribution in [1.82, 2.24) is 10.5 Å². The van der Waals surface area contributed by atoms with Crippen LogP contribution in [-0.2, 0) is 13.0 Å². The molecule has 0 unspecified atom stereocenters. The van der Waals surface area contributed by atoms with E-state index in [2.05, 4.69) is 15.0 Å². The van der Waals surface area contributed by atoms with Crippen molar-refractivity contribution in [3.8, 4) is 0 Å². The fraction of sp³-hybridized carbons (Fsp3) is 0.571. The van der Waals surface area contributed by atoms with Crippen LogP contribution in [0.3, 0.4) is 0 Å². The fourth-order valence-corrected chi connectivity index (χ4v) is 1.35. The van der Waals surface area contributed by atoms with Crippen molar-refractivity contribution >= 4 is 0 Å². The van der Waals surface area contributed by atoms with Gasteiger partial charge in [0.05, 0.1) is 11.3 Å². The number of nitrogens with one attached hydrogen (secondary N) is 2. The largest absolute Gasteiger partial charge is 0.360 e. The second-order valence-electron chi connectivity index (χ2n) is 2.73. The Morgan fingerprint density at radius 2 is 2.36 bits per heavy atom. The molecule has 0 atom stereocenters. The van der Waals surface area contributed by atoms with E-state index in [-0.39, 0.29) is 5.63 Å². The van der Waals surface area contributed by atoms with E-state index in [4.69, 9.17) is 0 Å². The average Bonchev–Trinajstić information content (AvgIpc) is 2.25.